The fourth-order valence-electron chi connectivity index (χ4n) is 8.55. The third-order valence-corrected chi connectivity index (χ3v) is 12.2. The van der Waals surface area contributed by atoms with Gasteiger partial charge in [0.1, 0.15) is 0 Å². The van der Waals surface area contributed by atoms with Crippen LogP contribution in [0.25, 0.3) is 89.2 Å². The summed E-state index contributed by atoms with van der Waals surface area (Å²) in [4.78, 5) is 15.4. The molecule has 0 spiro atoms. The van der Waals surface area contributed by atoms with Gasteiger partial charge in [-0.1, -0.05) is 121 Å². The normalized spacial score (nSPS) is 14.9. The monoisotopic (exact) mass is 765 g/mol. The summed E-state index contributed by atoms with van der Waals surface area (Å²) in [5.74, 6) is 1.72. The smallest absolute Gasteiger partial charge is 0.399 e. The molecule has 11 rings (SSSR count). The van der Waals surface area contributed by atoms with Gasteiger partial charge in [-0.25, -0.2) is 15.0 Å². The maximum Gasteiger partial charge on any atom is 0.495 e. The number of hydrogen-bond acceptors (Lipinski definition) is 5. The molecule has 0 bridgehead atoms. The third-order valence-electron chi connectivity index (χ3n) is 12.2. The highest BCUT2D eigenvalue weighted by Gasteiger charge is 2.52. The highest BCUT2D eigenvalue weighted by Crippen LogP contribution is 2.41. The van der Waals surface area contributed by atoms with E-state index in [0.29, 0.717) is 17.5 Å². The van der Waals surface area contributed by atoms with Crippen molar-refractivity contribution in [2.24, 2.45) is 0 Å². The fourth-order valence-corrected chi connectivity index (χ4v) is 8.55. The highest BCUT2D eigenvalue weighted by atomic mass is 16.7. The van der Waals surface area contributed by atoms with Crippen LogP contribution in [-0.4, -0.2) is 42.4 Å². The topological polar surface area (TPSA) is 67.0 Å². The Morgan fingerprint density at radius 1 is 0.407 bits per heavy atom. The standard InChI is InChI=1S/C51H40BN5O2/c1-50(2)51(3,4)59-52(58-50)42-29-28-36(30-41(42)49-54-47(33-18-8-5-9-19-33)53-48(55-49)34-20-10-6-11-21-34)57-44-27-17-15-25-38(44)40-31-39-37-24-14-16-26-43(37)56(45(39)32-46(40)57)35-22-12-7-13-23-35/h5-32H,1-4H3. The van der Waals surface area contributed by atoms with E-state index < -0.39 is 18.3 Å². The molecule has 1 saturated heterocycles. The summed E-state index contributed by atoms with van der Waals surface area (Å²) in [6.07, 6.45) is 0. The van der Waals surface area contributed by atoms with E-state index in [1.807, 2.05) is 60.7 Å². The molecule has 284 valence electrons. The Bertz CT molecular complexity index is 3160. The second kappa shape index (κ2) is 13.3. The fraction of sp³-hybridized carbons (Fsp3) is 0.118. The second-order valence-corrected chi connectivity index (χ2v) is 16.3. The molecule has 10 aromatic rings. The third kappa shape index (κ3) is 5.70. The molecule has 0 radical (unpaired) electrons. The maximum atomic E-state index is 6.74. The minimum Gasteiger partial charge on any atom is -0.399 e. The molecule has 0 atom stereocenters. The summed E-state index contributed by atoms with van der Waals surface area (Å²) in [6, 6.07) is 59.3. The van der Waals surface area contributed by atoms with Crippen LogP contribution in [0.1, 0.15) is 27.7 Å². The lowest BCUT2D eigenvalue weighted by Gasteiger charge is -2.32. The number of nitrogens with zero attached hydrogens (tertiary/aromatic N) is 5. The van der Waals surface area contributed by atoms with E-state index in [9.17, 15) is 0 Å². The predicted octanol–water partition coefficient (Wildman–Crippen LogP) is 11.4. The van der Waals surface area contributed by atoms with Gasteiger partial charge in [0.05, 0.1) is 33.3 Å². The van der Waals surface area contributed by atoms with Crippen molar-refractivity contribution >= 4 is 56.2 Å². The maximum absolute atomic E-state index is 6.74. The number of benzene rings is 7. The van der Waals surface area contributed by atoms with Gasteiger partial charge in [-0.15, -0.1) is 0 Å². The van der Waals surface area contributed by atoms with Crippen LogP contribution < -0.4 is 5.46 Å². The van der Waals surface area contributed by atoms with Crippen molar-refractivity contribution in [3.05, 3.63) is 170 Å². The van der Waals surface area contributed by atoms with Gasteiger partial charge >= 0.3 is 7.12 Å². The highest BCUT2D eigenvalue weighted by molar-refractivity contribution is 6.63. The SMILES string of the molecule is CC1(C)OB(c2ccc(-n3c4ccccc4c4cc5c6ccccc6n(-c6ccccc6)c5cc43)cc2-c2nc(-c3ccccc3)nc(-c3ccccc3)n2)OC1(C)C. The minimum absolute atomic E-state index is 0.539. The van der Waals surface area contributed by atoms with Gasteiger partial charge in [-0.05, 0) is 81.7 Å². The van der Waals surface area contributed by atoms with E-state index in [-0.39, 0.29) is 0 Å². The zero-order valence-electron chi connectivity index (χ0n) is 33.3. The lowest BCUT2D eigenvalue weighted by molar-refractivity contribution is 0.00578. The average molecular weight is 766 g/mol. The van der Waals surface area contributed by atoms with Crippen LogP contribution in [0.3, 0.4) is 0 Å². The molecule has 7 aromatic carbocycles. The van der Waals surface area contributed by atoms with Gasteiger partial charge in [0, 0.05) is 49.6 Å². The van der Waals surface area contributed by atoms with E-state index in [4.69, 9.17) is 24.3 Å². The first-order valence-electron chi connectivity index (χ1n) is 20.1. The van der Waals surface area contributed by atoms with E-state index in [0.717, 1.165) is 50.1 Å². The first-order valence-corrected chi connectivity index (χ1v) is 20.1. The van der Waals surface area contributed by atoms with Gasteiger partial charge in [-0.3, -0.25) is 0 Å². The Hall–Kier alpha value is -6.87. The van der Waals surface area contributed by atoms with Crippen molar-refractivity contribution in [1.82, 2.24) is 24.1 Å². The molecule has 4 heterocycles. The summed E-state index contributed by atoms with van der Waals surface area (Å²) < 4.78 is 18.2. The van der Waals surface area contributed by atoms with Crippen LogP contribution in [0, 0.1) is 0 Å². The summed E-state index contributed by atoms with van der Waals surface area (Å²) >= 11 is 0. The minimum atomic E-state index is -0.652. The number of hydrogen-bond donors (Lipinski definition) is 0. The number of rotatable bonds is 6. The summed E-state index contributed by atoms with van der Waals surface area (Å²) in [7, 11) is -0.652. The lowest BCUT2D eigenvalue weighted by atomic mass is 9.75. The van der Waals surface area contributed by atoms with Crippen molar-refractivity contribution in [2.45, 2.75) is 38.9 Å². The molecule has 0 N–H and O–H groups in total. The van der Waals surface area contributed by atoms with Crippen molar-refractivity contribution in [1.29, 1.82) is 0 Å². The molecule has 0 saturated carbocycles. The molecule has 0 unspecified atom stereocenters. The Morgan fingerprint density at radius 3 is 1.41 bits per heavy atom. The lowest BCUT2D eigenvalue weighted by Crippen LogP contribution is -2.41. The van der Waals surface area contributed by atoms with Crippen molar-refractivity contribution < 1.29 is 9.31 Å². The van der Waals surface area contributed by atoms with Gasteiger partial charge in [-0.2, -0.15) is 0 Å². The first-order chi connectivity index (χ1) is 28.7. The zero-order chi connectivity index (χ0) is 39.9. The zero-order valence-corrected chi connectivity index (χ0v) is 33.3. The van der Waals surface area contributed by atoms with Crippen molar-refractivity contribution in [2.75, 3.05) is 0 Å². The van der Waals surface area contributed by atoms with Crippen molar-refractivity contribution in [3.8, 4) is 45.5 Å². The Labute approximate surface area is 342 Å². The molecule has 0 amide bonds. The van der Waals surface area contributed by atoms with Crippen LogP contribution in [0.4, 0.5) is 0 Å². The van der Waals surface area contributed by atoms with E-state index in [1.54, 1.807) is 0 Å². The van der Waals surface area contributed by atoms with Crippen LogP contribution in [-0.2, 0) is 9.31 Å². The Morgan fingerprint density at radius 2 is 0.864 bits per heavy atom. The van der Waals surface area contributed by atoms with Gasteiger partial charge in [0.25, 0.3) is 0 Å². The Kier molecular flexibility index (Phi) is 7.99. The molecule has 8 heteroatoms. The molecule has 1 fully saturated rings. The second-order valence-electron chi connectivity index (χ2n) is 16.3. The average Bonchev–Trinajstić information content (AvgIpc) is 3.85. The summed E-state index contributed by atoms with van der Waals surface area (Å²) in [5.41, 5.74) is 8.97. The van der Waals surface area contributed by atoms with Crippen LogP contribution in [0.15, 0.2) is 170 Å². The number of aromatic nitrogens is 5. The van der Waals surface area contributed by atoms with E-state index >= 15 is 0 Å². The molecular formula is C51H40BN5O2. The molecule has 0 aliphatic carbocycles. The molecular weight excluding hydrogens is 725 g/mol. The van der Waals surface area contributed by atoms with E-state index in [1.165, 1.54) is 27.1 Å². The van der Waals surface area contributed by atoms with Gasteiger partial charge in [0.15, 0.2) is 17.5 Å². The van der Waals surface area contributed by atoms with Crippen molar-refractivity contribution in [3.63, 3.8) is 0 Å². The van der Waals surface area contributed by atoms with E-state index in [2.05, 4.69) is 146 Å². The number of para-hydroxylation sites is 3. The van der Waals surface area contributed by atoms with Crippen LogP contribution in [0.2, 0.25) is 0 Å². The summed E-state index contributed by atoms with van der Waals surface area (Å²) in [5, 5.41) is 4.79. The predicted molar refractivity (Wildman–Crippen MR) is 241 cm³/mol. The Balaban J connectivity index is 1.20. The molecule has 1 aliphatic heterocycles. The quantitative estimate of drug-likeness (QED) is 0.158. The molecule has 59 heavy (non-hydrogen) atoms. The summed E-state index contributed by atoms with van der Waals surface area (Å²) in [6.45, 7) is 8.33. The molecule has 1 aliphatic rings. The molecule has 7 nitrogen and oxygen atoms in total. The first kappa shape index (κ1) is 35.3. The molecule has 3 aromatic heterocycles. The van der Waals surface area contributed by atoms with Gasteiger partial charge < -0.3 is 18.4 Å². The van der Waals surface area contributed by atoms with Gasteiger partial charge in [0.2, 0.25) is 0 Å². The van der Waals surface area contributed by atoms with Crippen LogP contribution in [0.5, 0.6) is 0 Å². The largest absolute Gasteiger partial charge is 0.495 e. The number of fused-ring (bicyclic) bond motifs is 6. The van der Waals surface area contributed by atoms with Crippen LogP contribution >= 0.6 is 0 Å².